The molecule has 4 rings (SSSR count). The smallest absolute Gasteiger partial charge is 0.248 e. The third kappa shape index (κ3) is 4.67. The number of nitrogen functional groups attached to an aromatic ring is 1. The maximum Gasteiger partial charge on any atom is 0.248 e. The van der Waals surface area contributed by atoms with E-state index in [2.05, 4.69) is 20.2 Å². The standard InChI is InChI=1S/C24H29N9O3/c1-5-16(32(4)20(36)12-34)7-9-18-21(14(2)35)22(25)33-24(29-18)17(11-28-33)15-6-8-19(26-10-15)23-27-13-31(3)30-23/h6,8,10-11,13,16,34H,5,7,9,12,25H2,1-4H3/t16-/m1/s1. The number of aliphatic hydroxyl groups excluding tert-OH is 1. The number of ketones is 1. The predicted molar refractivity (Wildman–Crippen MR) is 133 cm³/mol. The van der Waals surface area contributed by atoms with Gasteiger partial charge in [0.25, 0.3) is 0 Å². The van der Waals surface area contributed by atoms with E-state index in [1.807, 2.05) is 19.1 Å². The van der Waals surface area contributed by atoms with Gasteiger partial charge in [-0.05, 0) is 32.3 Å². The van der Waals surface area contributed by atoms with Crippen molar-refractivity contribution in [3.8, 4) is 22.6 Å². The first-order chi connectivity index (χ1) is 17.2. The van der Waals surface area contributed by atoms with E-state index in [4.69, 9.17) is 10.7 Å². The van der Waals surface area contributed by atoms with Gasteiger partial charge in [0.2, 0.25) is 5.91 Å². The Morgan fingerprint density at radius 1 is 1.22 bits per heavy atom. The molecule has 36 heavy (non-hydrogen) atoms. The van der Waals surface area contributed by atoms with Gasteiger partial charge in [-0.1, -0.05) is 13.0 Å². The summed E-state index contributed by atoms with van der Waals surface area (Å²) in [5.74, 6) is 0.167. The number of aryl methyl sites for hydroxylation is 2. The van der Waals surface area contributed by atoms with Crippen molar-refractivity contribution >= 4 is 23.2 Å². The molecule has 12 nitrogen and oxygen atoms in total. The molecule has 1 atom stereocenters. The van der Waals surface area contributed by atoms with Gasteiger partial charge < -0.3 is 15.7 Å². The summed E-state index contributed by atoms with van der Waals surface area (Å²) in [5, 5.41) is 17.9. The van der Waals surface area contributed by atoms with E-state index in [-0.39, 0.29) is 23.6 Å². The summed E-state index contributed by atoms with van der Waals surface area (Å²) in [4.78, 5) is 39.5. The lowest BCUT2D eigenvalue weighted by Crippen LogP contribution is -2.38. The fraction of sp³-hybridized carbons (Fsp3) is 0.375. The fourth-order valence-corrected chi connectivity index (χ4v) is 4.26. The average Bonchev–Trinajstić information content (AvgIpc) is 3.50. The summed E-state index contributed by atoms with van der Waals surface area (Å²) in [6, 6.07) is 3.58. The maximum atomic E-state index is 12.5. The van der Waals surface area contributed by atoms with Crippen LogP contribution in [0.3, 0.4) is 0 Å². The number of Topliss-reactive ketones (excluding diaryl/α,β-unsaturated/α-hetero) is 1. The molecule has 0 aromatic carbocycles. The van der Waals surface area contributed by atoms with Crippen LogP contribution < -0.4 is 5.73 Å². The van der Waals surface area contributed by atoms with E-state index in [0.717, 1.165) is 5.56 Å². The number of hydrogen-bond acceptors (Lipinski definition) is 9. The van der Waals surface area contributed by atoms with Crippen LogP contribution in [0, 0.1) is 0 Å². The van der Waals surface area contributed by atoms with Crippen LogP contribution in [-0.2, 0) is 18.3 Å². The number of nitrogens with zero attached hydrogens (tertiary/aromatic N) is 8. The van der Waals surface area contributed by atoms with Crippen LogP contribution in [0.5, 0.6) is 0 Å². The third-order valence-corrected chi connectivity index (χ3v) is 6.27. The van der Waals surface area contributed by atoms with Crippen LogP contribution >= 0.6 is 0 Å². The van der Waals surface area contributed by atoms with Crippen LogP contribution in [0.2, 0.25) is 0 Å². The molecule has 3 N–H and O–H groups in total. The molecule has 0 unspecified atom stereocenters. The number of rotatable bonds is 9. The SMILES string of the molecule is CC[C@H](CCc1nc2c(-c3ccc(-c4ncn(C)n4)nc3)cnn2c(N)c1C(C)=O)N(C)C(=O)CO. The fourth-order valence-electron chi connectivity index (χ4n) is 4.26. The minimum absolute atomic E-state index is 0.120. The molecule has 4 heterocycles. The summed E-state index contributed by atoms with van der Waals surface area (Å²) < 4.78 is 3.07. The van der Waals surface area contributed by atoms with Crippen LogP contribution in [0.15, 0.2) is 30.9 Å². The lowest BCUT2D eigenvalue weighted by Gasteiger charge is -2.27. The van der Waals surface area contributed by atoms with Gasteiger partial charge in [0.1, 0.15) is 24.4 Å². The summed E-state index contributed by atoms with van der Waals surface area (Å²) in [7, 11) is 3.45. The average molecular weight is 492 g/mol. The van der Waals surface area contributed by atoms with Crippen molar-refractivity contribution in [3.05, 3.63) is 42.1 Å². The van der Waals surface area contributed by atoms with E-state index in [0.29, 0.717) is 53.2 Å². The zero-order valence-corrected chi connectivity index (χ0v) is 20.7. The quantitative estimate of drug-likeness (QED) is 0.331. The molecule has 0 saturated heterocycles. The molecule has 0 spiro atoms. The number of nitrogens with two attached hydrogens (primary N) is 1. The second-order valence-corrected chi connectivity index (χ2v) is 8.61. The molecule has 0 aliphatic heterocycles. The number of aromatic nitrogens is 7. The molecule has 0 radical (unpaired) electrons. The lowest BCUT2D eigenvalue weighted by atomic mass is 10.0. The van der Waals surface area contributed by atoms with Gasteiger partial charge in [-0.15, -0.1) is 5.10 Å². The Balaban J connectivity index is 1.71. The van der Waals surface area contributed by atoms with Gasteiger partial charge in [0, 0.05) is 37.5 Å². The van der Waals surface area contributed by atoms with Crippen molar-refractivity contribution < 1.29 is 14.7 Å². The van der Waals surface area contributed by atoms with E-state index in [1.165, 1.54) is 16.3 Å². The van der Waals surface area contributed by atoms with Gasteiger partial charge in [0.05, 0.1) is 17.5 Å². The van der Waals surface area contributed by atoms with E-state index < -0.39 is 6.61 Å². The number of anilines is 1. The molecular formula is C24H29N9O3. The van der Waals surface area contributed by atoms with Crippen LogP contribution in [0.4, 0.5) is 5.82 Å². The van der Waals surface area contributed by atoms with Crippen molar-refractivity contribution in [3.63, 3.8) is 0 Å². The Kier molecular flexibility index (Phi) is 7.06. The molecule has 12 heteroatoms. The molecule has 0 saturated carbocycles. The number of aliphatic hydroxyl groups is 1. The second kappa shape index (κ2) is 10.2. The topological polar surface area (TPSA) is 157 Å². The molecule has 0 aliphatic rings. The molecule has 0 fully saturated rings. The third-order valence-electron chi connectivity index (χ3n) is 6.27. The summed E-state index contributed by atoms with van der Waals surface area (Å²) in [5.41, 5.74) is 9.88. The van der Waals surface area contributed by atoms with Gasteiger partial charge in [-0.3, -0.25) is 19.3 Å². The van der Waals surface area contributed by atoms with Crippen LogP contribution in [0.1, 0.15) is 42.7 Å². The van der Waals surface area contributed by atoms with Gasteiger partial charge >= 0.3 is 0 Å². The van der Waals surface area contributed by atoms with Gasteiger partial charge in [-0.2, -0.15) is 9.61 Å². The predicted octanol–water partition coefficient (Wildman–Crippen LogP) is 1.53. The Hall–Kier alpha value is -4.19. The first-order valence-corrected chi connectivity index (χ1v) is 11.6. The number of carbonyl (C=O) groups is 2. The molecule has 0 aliphatic carbocycles. The number of likely N-dealkylation sites (N-methyl/N-ethyl adjacent to an activating group) is 1. The molecular weight excluding hydrogens is 462 g/mol. The van der Waals surface area contributed by atoms with Gasteiger partial charge in [-0.25, -0.2) is 9.97 Å². The van der Waals surface area contributed by atoms with Crippen molar-refractivity contribution in [2.24, 2.45) is 7.05 Å². The highest BCUT2D eigenvalue weighted by atomic mass is 16.3. The number of hydrogen-bond donors (Lipinski definition) is 2. The van der Waals surface area contributed by atoms with E-state index >= 15 is 0 Å². The highest BCUT2D eigenvalue weighted by Gasteiger charge is 2.23. The minimum atomic E-state index is -0.550. The largest absolute Gasteiger partial charge is 0.387 e. The van der Waals surface area contributed by atoms with Crippen molar-refractivity contribution in [2.45, 2.75) is 39.2 Å². The zero-order chi connectivity index (χ0) is 26.0. The van der Waals surface area contributed by atoms with Crippen molar-refractivity contribution in [2.75, 3.05) is 19.4 Å². The number of fused-ring (bicyclic) bond motifs is 1. The zero-order valence-electron chi connectivity index (χ0n) is 20.7. The molecule has 0 bridgehead atoms. The van der Waals surface area contributed by atoms with Crippen LogP contribution in [-0.4, -0.2) is 75.7 Å². The Morgan fingerprint density at radius 2 is 2.00 bits per heavy atom. The Morgan fingerprint density at radius 3 is 2.58 bits per heavy atom. The summed E-state index contributed by atoms with van der Waals surface area (Å²) in [6.07, 6.45) is 6.61. The highest BCUT2D eigenvalue weighted by molar-refractivity contribution is 6.00. The van der Waals surface area contributed by atoms with Crippen molar-refractivity contribution in [1.82, 2.24) is 39.2 Å². The van der Waals surface area contributed by atoms with E-state index in [1.54, 1.807) is 37.5 Å². The van der Waals surface area contributed by atoms with Gasteiger partial charge in [0.15, 0.2) is 17.3 Å². The van der Waals surface area contributed by atoms with Crippen LogP contribution in [0.25, 0.3) is 28.3 Å². The number of amides is 1. The highest BCUT2D eigenvalue weighted by Crippen LogP contribution is 2.29. The monoisotopic (exact) mass is 491 g/mol. The normalized spacial score (nSPS) is 12.1. The molecule has 1 amide bonds. The molecule has 4 aromatic heterocycles. The number of pyridine rings is 1. The number of carbonyl (C=O) groups excluding carboxylic acids is 2. The summed E-state index contributed by atoms with van der Waals surface area (Å²) >= 11 is 0. The van der Waals surface area contributed by atoms with Crippen molar-refractivity contribution in [1.29, 1.82) is 0 Å². The maximum absolute atomic E-state index is 12.5. The second-order valence-electron chi connectivity index (χ2n) is 8.61. The minimum Gasteiger partial charge on any atom is -0.387 e. The molecule has 188 valence electrons. The first-order valence-electron chi connectivity index (χ1n) is 11.6. The molecule has 4 aromatic rings. The Labute approximate surface area is 207 Å². The van der Waals surface area contributed by atoms with E-state index in [9.17, 15) is 14.7 Å². The first kappa shape index (κ1) is 24.9. The Bertz CT molecular complexity index is 1410. The lowest BCUT2D eigenvalue weighted by molar-refractivity contribution is -0.135. The summed E-state index contributed by atoms with van der Waals surface area (Å²) in [6.45, 7) is 2.86.